The molecular formula is C24H41N. The first-order valence-corrected chi connectivity index (χ1v) is 9.93. The molecule has 0 aromatic heterocycles. The molecule has 1 heteroatoms. The third-order valence-electron chi connectivity index (χ3n) is 4.63. The van der Waals surface area contributed by atoms with Gasteiger partial charge in [0.15, 0.2) is 0 Å². The Labute approximate surface area is 157 Å². The molecule has 0 aliphatic heterocycles. The van der Waals surface area contributed by atoms with Crippen LogP contribution in [0, 0.1) is 5.92 Å². The minimum atomic E-state index is 0.655. The second-order valence-electron chi connectivity index (χ2n) is 7.06. The lowest BCUT2D eigenvalue weighted by atomic mass is 9.92. The summed E-state index contributed by atoms with van der Waals surface area (Å²) in [5, 5.41) is 0. The van der Waals surface area contributed by atoms with Crippen molar-refractivity contribution >= 4 is 0 Å². The number of hydrogen-bond acceptors (Lipinski definition) is 1. The highest BCUT2D eigenvalue weighted by Gasteiger charge is 2.06. The average molecular weight is 344 g/mol. The fourth-order valence-electron chi connectivity index (χ4n) is 2.73. The van der Waals surface area contributed by atoms with Crippen LogP contribution >= 0.6 is 0 Å². The molecule has 0 rings (SSSR count). The van der Waals surface area contributed by atoms with Crippen molar-refractivity contribution in [1.29, 1.82) is 0 Å². The van der Waals surface area contributed by atoms with E-state index in [0.29, 0.717) is 5.92 Å². The fourth-order valence-corrected chi connectivity index (χ4v) is 2.73. The van der Waals surface area contributed by atoms with Crippen molar-refractivity contribution in [3.8, 4) is 0 Å². The quantitative estimate of drug-likeness (QED) is 0.270. The Hall–Kier alpha value is -1.34. The summed E-state index contributed by atoms with van der Waals surface area (Å²) in [6.45, 7) is 15.4. The molecule has 0 saturated heterocycles. The van der Waals surface area contributed by atoms with Gasteiger partial charge in [0.1, 0.15) is 0 Å². The summed E-state index contributed by atoms with van der Waals surface area (Å²) < 4.78 is 0. The second kappa shape index (κ2) is 15.0. The van der Waals surface area contributed by atoms with Gasteiger partial charge < -0.3 is 4.90 Å². The van der Waals surface area contributed by atoms with Gasteiger partial charge in [0, 0.05) is 0 Å². The smallest absolute Gasteiger partial charge is 0.00189 e. The van der Waals surface area contributed by atoms with Gasteiger partial charge in [-0.2, -0.15) is 0 Å². The van der Waals surface area contributed by atoms with E-state index >= 15 is 0 Å². The van der Waals surface area contributed by atoms with Gasteiger partial charge in [-0.05, 0) is 79.4 Å². The maximum absolute atomic E-state index is 2.44. The molecule has 0 spiro atoms. The van der Waals surface area contributed by atoms with E-state index in [1.54, 1.807) is 0 Å². The molecule has 0 radical (unpaired) electrons. The van der Waals surface area contributed by atoms with Crippen LogP contribution in [0.25, 0.3) is 0 Å². The molecule has 1 atom stereocenters. The van der Waals surface area contributed by atoms with Gasteiger partial charge in [0.2, 0.25) is 0 Å². The fraction of sp³-hybridized carbons (Fsp3) is 0.583. The van der Waals surface area contributed by atoms with Crippen LogP contribution in [0.3, 0.4) is 0 Å². The lowest BCUT2D eigenvalue weighted by molar-refractivity contribution is 0.348. The molecular weight excluding hydrogens is 302 g/mol. The van der Waals surface area contributed by atoms with Gasteiger partial charge in [-0.3, -0.25) is 0 Å². The predicted molar refractivity (Wildman–Crippen MR) is 116 cm³/mol. The Morgan fingerprint density at radius 1 is 0.960 bits per heavy atom. The molecule has 0 fully saturated rings. The van der Waals surface area contributed by atoms with Crippen LogP contribution in [0.2, 0.25) is 0 Å². The molecule has 25 heavy (non-hydrogen) atoms. The predicted octanol–water partition coefficient (Wildman–Crippen LogP) is 7.11. The molecule has 1 unspecified atom stereocenters. The van der Waals surface area contributed by atoms with E-state index in [1.807, 2.05) is 0 Å². The van der Waals surface area contributed by atoms with Gasteiger partial charge in [-0.25, -0.2) is 0 Å². The summed E-state index contributed by atoms with van der Waals surface area (Å²) in [4.78, 5) is 2.38. The van der Waals surface area contributed by atoms with Crippen molar-refractivity contribution < 1.29 is 0 Å². The number of rotatable bonds is 12. The average Bonchev–Trinajstić information content (AvgIpc) is 2.61. The molecule has 0 amide bonds. The van der Waals surface area contributed by atoms with Gasteiger partial charge in [0.05, 0.1) is 0 Å². The van der Waals surface area contributed by atoms with Crippen molar-refractivity contribution in [2.45, 2.75) is 67.2 Å². The summed E-state index contributed by atoms with van der Waals surface area (Å²) >= 11 is 0. The summed E-state index contributed by atoms with van der Waals surface area (Å²) in [5.41, 5.74) is 4.23. The molecule has 142 valence electrons. The molecule has 0 saturated carbocycles. The van der Waals surface area contributed by atoms with Gasteiger partial charge in [-0.15, -0.1) is 0 Å². The van der Waals surface area contributed by atoms with E-state index in [-0.39, 0.29) is 0 Å². The molecule has 0 aliphatic carbocycles. The molecule has 0 bridgehead atoms. The molecule has 0 aromatic rings. The van der Waals surface area contributed by atoms with Gasteiger partial charge in [0.25, 0.3) is 0 Å². The van der Waals surface area contributed by atoms with Crippen molar-refractivity contribution in [1.82, 2.24) is 4.90 Å². The van der Waals surface area contributed by atoms with Crippen LogP contribution in [-0.2, 0) is 0 Å². The highest BCUT2D eigenvalue weighted by molar-refractivity contribution is 5.27. The molecule has 0 N–H and O–H groups in total. The van der Waals surface area contributed by atoms with E-state index in [4.69, 9.17) is 0 Å². The zero-order valence-corrected chi connectivity index (χ0v) is 17.8. The van der Waals surface area contributed by atoms with Crippen LogP contribution in [0.4, 0.5) is 0 Å². The summed E-state index contributed by atoms with van der Waals surface area (Å²) in [7, 11) is 2.19. The van der Waals surface area contributed by atoms with E-state index in [9.17, 15) is 0 Å². The van der Waals surface area contributed by atoms with Crippen LogP contribution < -0.4 is 0 Å². The third kappa shape index (κ3) is 12.6. The highest BCUT2D eigenvalue weighted by atomic mass is 15.1. The SMILES string of the molecule is C\C=C(C)/C=C\C(=C\C)CC(C)CC(=C/CCCN(C)CC)/C=C/C. The first-order valence-electron chi connectivity index (χ1n) is 9.93. The topological polar surface area (TPSA) is 3.24 Å². The van der Waals surface area contributed by atoms with Crippen LogP contribution in [0.5, 0.6) is 0 Å². The molecule has 0 heterocycles. The van der Waals surface area contributed by atoms with Crippen molar-refractivity contribution in [2.75, 3.05) is 20.1 Å². The van der Waals surface area contributed by atoms with Gasteiger partial charge in [-0.1, -0.05) is 73.1 Å². The van der Waals surface area contributed by atoms with Crippen LogP contribution in [0.1, 0.15) is 67.2 Å². The monoisotopic (exact) mass is 343 g/mol. The number of unbranched alkanes of at least 4 members (excludes halogenated alkanes) is 1. The van der Waals surface area contributed by atoms with Crippen molar-refractivity contribution in [3.05, 3.63) is 59.3 Å². The first kappa shape index (κ1) is 23.7. The van der Waals surface area contributed by atoms with Crippen molar-refractivity contribution in [2.24, 2.45) is 5.92 Å². The first-order chi connectivity index (χ1) is 12.0. The maximum Gasteiger partial charge on any atom is -0.00189 e. The summed E-state index contributed by atoms with van der Waals surface area (Å²) in [5.74, 6) is 0.655. The normalized spacial score (nSPS) is 15.8. The largest absolute Gasteiger partial charge is 0.307 e. The number of hydrogen-bond donors (Lipinski definition) is 0. The van der Waals surface area contributed by atoms with Crippen molar-refractivity contribution in [3.63, 3.8) is 0 Å². The Morgan fingerprint density at radius 2 is 1.64 bits per heavy atom. The Morgan fingerprint density at radius 3 is 2.20 bits per heavy atom. The molecule has 1 nitrogen and oxygen atoms in total. The van der Waals surface area contributed by atoms with E-state index < -0.39 is 0 Å². The number of nitrogens with zero attached hydrogens (tertiary/aromatic N) is 1. The Balaban J connectivity index is 4.61. The lowest BCUT2D eigenvalue weighted by Gasteiger charge is -2.14. The number of allylic oxidation sites excluding steroid dienone is 10. The molecule has 0 aliphatic rings. The highest BCUT2D eigenvalue weighted by Crippen LogP contribution is 2.22. The molecule has 0 aromatic carbocycles. The minimum absolute atomic E-state index is 0.655. The summed E-state index contributed by atoms with van der Waals surface area (Å²) in [6.07, 6.45) is 20.5. The summed E-state index contributed by atoms with van der Waals surface area (Å²) in [6, 6.07) is 0. The van der Waals surface area contributed by atoms with Crippen LogP contribution in [-0.4, -0.2) is 25.0 Å². The Bertz CT molecular complexity index is 488. The van der Waals surface area contributed by atoms with E-state index in [1.165, 1.54) is 36.1 Å². The zero-order chi connectivity index (χ0) is 19.1. The minimum Gasteiger partial charge on any atom is -0.307 e. The second-order valence-corrected chi connectivity index (χ2v) is 7.06. The standard InChI is InChI=1S/C24H41N/c1-8-14-24(15-12-13-18-25(7)11-4)20-22(6)19-23(10-3)17-16-21(5)9-2/h8-10,14-17,22H,11-13,18-20H2,1-7H3/b14-8+,17-16-,21-9-,23-10-,24-15+. The lowest BCUT2D eigenvalue weighted by Crippen LogP contribution is -2.18. The Kier molecular flexibility index (Phi) is 14.2. The van der Waals surface area contributed by atoms with E-state index in [2.05, 4.69) is 96.0 Å². The van der Waals surface area contributed by atoms with Gasteiger partial charge >= 0.3 is 0 Å². The van der Waals surface area contributed by atoms with E-state index in [0.717, 1.165) is 19.4 Å². The third-order valence-corrected chi connectivity index (χ3v) is 4.63. The zero-order valence-electron chi connectivity index (χ0n) is 17.8. The maximum atomic E-state index is 2.44. The van der Waals surface area contributed by atoms with Crippen LogP contribution in [0.15, 0.2) is 59.3 Å².